The number of nitrogens with one attached hydrogen (secondary N) is 2. The highest BCUT2D eigenvalue weighted by Gasteiger charge is 2.24. The molecular weight excluding hydrogens is 278 g/mol. The number of piperidine rings is 1. The van der Waals surface area contributed by atoms with E-state index in [1.807, 2.05) is 0 Å². The third-order valence-corrected chi connectivity index (χ3v) is 4.03. The van der Waals surface area contributed by atoms with Gasteiger partial charge in [0.25, 0.3) is 5.91 Å². The normalized spacial score (nSPS) is 22.4. The van der Waals surface area contributed by atoms with Gasteiger partial charge in [-0.1, -0.05) is 18.5 Å². The first kappa shape index (κ1) is 14.9. The molecule has 2 rings (SSSR count). The first-order valence-electron chi connectivity index (χ1n) is 6.67. The molecule has 110 valence electrons. The molecule has 1 fully saturated rings. The van der Waals surface area contributed by atoms with Gasteiger partial charge >= 0.3 is 0 Å². The lowest BCUT2D eigenvalue weighted by atomic mass is 9.94. The number of nitrogens with two attached hydrogens (primary N) is 1. The number of hydrogen-bond acceptors (Lipinski definition) is 4. The van der Waals surface area contributed by atoms with Crippen molar-refractivity contribution in [2.45, 2.75) is 19.4 Å². The Morgan fingerprint density at radius 3 is 2.95 bits per heavy atom. The van der Waals surface area contributed by atoms with E-state index in [2.05, 4.69) is 17.6 Å². The van der Waals surface area contributed by atoms with Crippen LogP contribution in [0.1, 0.15) is 23.7 Å². The van der Waals surface area contributed by atoms with E-state index in [-0.39, 0.29) is 11.9 Å². The summed E-state index contributed by atoms with van der Waals surface area (Å²) in [5.74, 6) is 0.681. The summed E-state index contributed by atoms with van der Waals surface area (Å²) in [4.78, 5) is 12.4. The quantitative estimate of drug-likeness (QED) is 0.742. The first-order valence-corrected chi connectivity index (χ1v) is 7.05. The number of carbonyl (C=O) groups is 1. The summed E-state index contributed by atoms with van der Waals surface area (Å²) in [5.41, 5.74) is 6.52. The van der Waals surface area contributed by atoms with Crippen LogP contribution in [-0.2, 0) is 0 Å². The zero-order chi connectivity index (χ0) is 14.7. The monoisotopic (exact) mass is 297 g/mol. The molecule has 0 bridgehead atoms. The van der Waals surface area contributed by atoms with Gasteiger partial charge in [-0.05, 0) is 24.9 Å². The summed E-state index contributed by atoms with van der Waals surface area (Å²) in [6, 6.07) is 3.23. The fourth-order valence-electron chi connectivity index (χ4n) is 2.34. The van der Waals surface area contributed by atoms with Gasteiger partial charge in [0.05, 0.1) is 23.4 Å². The highest BCUT2D eigenvalue weighted by atomic mass is 35.5. The molecule has 4 N–H and O–H groups in total. The second-order valence-corrected chi connectivity index (χ2v) is 5.53. The predicted molar refractivity (Wildman–Crippen MR) is 80.3 cm³/mol. The highest BCUT2D eigenvalue weighted by Crippen LogP contribution is 2.29. The minimum Gasteiger partial charge on any atom is -0.496 e. The molecule has 1 amide bonds. The Balaban J connectivity index is 2.18. The molecule has 0 aromatic heterocycles. The van der Waals surface area contributed by atoms with Crippen LogP contribution >= 0.6 is 11.6 Å². The van der Waals surface area contributed by atoms with Crippen molar-refractivity contribution in [1.82, 2.24) is 10.6 Å². The fourth-order valence-corrected chi connectivity index (χ4v) is 2.51. The molecule has 0 radical (unpaired) electrons. The maximum atomic E-state index is 12.4. The fraction of sp³-hybridized carbons (Fsp3) is 0.500. The van der Waals surface area contributed by atoms with Crippen molar-refractivity contribution in [2.24, 2.45) is 5.92 Å². The minimum absolute atomic E-state index is 0.109. The summed E-state index contributed by atoms with van der Waals surface area (Å²) in [6.07, 6.45) is 1.05. The maximum Gasteiger partial charge on any atom is 0.255 e. The van der Waals surface area contributed by atoms with Gasteiger partial charge in [-0.15, -0.1) is 0 Å². The lowest BCUT2D eigenvalue weighted by molar-refractivity contribution is 0.0912. The zero-order valence-corrected chi connectivity index (χ0v) is 12.5. The van der Waals surface area contributed by atoms with Crippen LogP contribution in [0.2, 0.25) is 5.02 Å². The number of hydrogen-bond donors (Lipinski definition) is 3. The van der Waals surface area contributed by atoms with Gasteiger partial charge in [0.1, 0.15) is 5.75 Å². The number of carbonyl (C=O) groups excluding carboxylic acids is 1. The number of ether oxygens (including phenoxy) is 1. The van der Waals surface area contributed by atoms with Crippen LogP contribution in [0.25, 0.3) is 0 Å². The number of rotatable bonds is 3. The van der Waals surface area contributed by atoms with Crippen LogP contribution in [0.5, 0.6) is 5.75 Å². The number of anilines is 1. The first-order chi connectivity index (χ1) is 9.52. The van der Waals surface area contributed by atoms with Crippen molar-refractivity contribution in [3.63, 3.8) is 0 Å². The van der Waals surface area contributed by atoms with E-state index < -0.39 is 0 Å². The molecule has 1 aromatic carbocycles. The molecule has 0 aliphatic carbocycles. The molecule has 0 spiro atoms. The van der Waals surface area contributed by atoms with Crippen molar-refractivity contribution < 1.29 is 9.53 Å². The lowest BCUT2D eigenvalue weighted by Crippen LogP contribution is -2.50. The molecule has 6 heteroatoms. The topological polar surface area (TPSA) is 76.4 Å². The summed E-state index contributed by atoms with van der Waals surface area (Å²) < 4.78 is 5.20. The summed E-state index contributed by atoms with van der Waals surface area (Å²) in [5, 5.41) is 6.66. The molecule has 1 aliphatic heterocycles. The standard InChI is InChI=1S/C14H20ClN3O2/c1-8-3-4-17-7-12(8)18-14(19)9-5-10(15)11(16)6-13(9)20-2/h5-6,8,12,17H,3-4,7,16H2,1-2H3,(H,18,19). The second kappa shape index (κ2) is 6.33. The molecule has 1 heterocycles. The summed E-state index contributed by atoms with van der Waals surface area (Å²) in [6.45, 7) is 3.90. The van der Waals surface area contributed by atoms with E-state index in [1.165, 1.54) is 7.11 Å². The van der Waals surface area contributed by atoms with Crippen LogP contribution in [0.3, 0.4) is 0 Å². The van der Waals surface area contributed by atoms with E-state index in [9.17, 15) is 4.79 Å². The van der Waals surface area contributed by atoms with Crippen LogP contribution in [-0.4, -0.2) is 32.1 Å². The molecular formula is C14H20ClN3O2. The Bertz CT molecular complexity index is 507. The number of halogens is 1. The smallest absolute Gasteiger partial charge is 0.255 e. The van der Waals surface area contributed by atoms with Crippen molar-refractivity contribution >= 4 is 23.2 Å². The molecule has 20 heavy (non-hydrogen) atoms. The van der Waals surface area contributed by atoms with Crippen LogP contribution in [0.15, 0.2) is 12.1 Å². The Hall–Kier alpha value is -1.46. The van der Waals surface area contributed by atoms with Crippen molar-refractivity contribution in [3.05, 3.63) is 22.7 Å². The van der Waals surface area contributed by atoms with Gasteiger partial charge in [0.15, 0.2) is 0 Å². The molecule has 1 aromatic rings. The Kier molecular flexibility index (Phi) is 4.73. The number of amides is 1. The van der Waals surface area contributed by atoms with Crippen LogP contribution in [0.4, 0.5) is 5.69 Å². The number of benzene rings is 1. The SMILES string of the molecule is COc1cc(N)c(Cl)cc1C(=O)NC1CNCCC1C. The van der Waals surface area contributed by atoms with Gasteiger partial charge in [-0.2, -0.15) is 0 Å². The third kappa shape index (κ3) is 3.16. The van der Waals surface area contributed by atoms with Crippen molar-refractivity contribution in [1.29, 1.82) is 0 Å². The maximum absolute atomic E-state index is 12.4. The van der Waals surface area contributed by atoms with E-state index >= 15 is 0 Å². The molecule has 1 aliphatic rings. The lowest BCUT2D eigenvalue weighted by Gasteiger charge is -2.30. The molecule has 2 unspecified atom stereocenters. The average molecular weight is 298 g/mol. The largest absolute Gasteiger partial charge is 0.496 e. The predicted octanol–water partition coefficient (Wildman–Crippen LogP) is 1.66. The third-order valence-electron chi connectivity index (χ3n) is 3.71. The van der Waals surface area contributed by atoms with Gasteiger partial charge in [0, 0.05) is 18.7 Å². The van der Waals surface area contributed by atoms with Crippen LogP contribution < -0.4 is 21.1 Å². The van der Waals surface area contributed by atoms with Crippen LogP contribution in [0, 0.1) is 5.92 Å². The van der Waals surface area contributed by atoms with E-state index in [0.717, 1.165) is 19.5 Å². The van der Waals surface area contributed by atoms with Gasteiger partial charge < -0.3 is 21.1 Å². The average Bonchev–Trinajstić information content (AvgIpc) is 2.43. The molecule has 1 saturated heterocycles. The van der Waals surface area contributed by atoms with Gasteiger partial charge in [-0.25, -0.2) is 0 Å². The van der Waals surface area contributed by atoms with Gasteiger partial charge in [-0.3, -0.25) is 4.79 Å². The second-order valence-electron chi connectivity index (χ2n) is 5.12. The summed E-state index contributed by atoms with van der Waals surface area (Å²) in [7, 11) is 1.50. The number of methoxy groups -OCH3 is 1. The minimum atomic E-state index is -0.190. The van der Waals surface area contributed by atoms with E-state index in [0.29, 0.717) is 27.9 Å². The zero-order valence-electron chi connectivity index (χ0n) is 11.7. The highest BCUT2D eigenvalue weighted by molar-refractivity contribution is 6.33. The molecule has 5 nitrogen and oxygen atoms in total. The molecule has 0 saturated carbocycles. The van der Waals surface area contributed by atoms with Crippen molar-refractivity contribution in [2.75, 3.05) is 25.9 Å². The van der Waals surface area contributed by atoms with E-state index in [1.54, 1.807) is 12.1 Å². The Labute approximate surface area is 123 Å². The van der Waals surface area contributed by atoms with Crippen molar-refractivity contribution in [3.8, 4) is 5.75 Å². The summed E-state index contributed by atoms with van der Waals surface area (Å²) >= 11 is 5.99. The number of nitrogen functional groups attached to an aromatic ring is 1. The molecule has 2 atom stereocenters. The van der Waals surface area contributed by atoms with Gasteiger partial charge in [0.2, 0.25) is 0 Å². The Morgan fingerprint density at radius 1 is 1.55 bits per heavy atom. The Morgan fingerprint density at radius 2 is 2.30 bits per heavy atom. The van der Waals surface area contributed by atoms with E-state index in [4.69, 9.17) is 22.1 Å².